The molecule has 0 bridgehead atoms. The van der Waals surface area contributed by atoms with E-state index >= 15 is 0 Å². The Hall–Kier alpha value is -2.99. The number of nitrogens with one attached hydrogen (secondary N) is 1. The highest BCUT2D eigenvalue weighted by Gasteiger charge is 2.11. The number of nitrogens with zero attached hydrogens (tertiary/aromatic N) is 4. The molecule has 2 aromatic heterocycles. The molecule has 0 aliphatic heterocycles. The zero-order chi connectivity index (χ0) is 18.1. The first-order valence-corrected chi connectivity index (χ1v) is 8.45. The quantitative estimate of drug-likeness (QED) is 0.574. The lowest BCUT2D eigenvalue weighted by Crippen LogP contribution is -2.02. The maximum Gasteiger partial charge on any atom is 0.254 e. The third-order valence-corrected chi connectivity index (χ3v) is 4.07. The highest BCUT2D eigenvalue weighted by atomic mass is 35.5. The number of anilines is 2. The van der Waals surface area contributed by atoms with E-state index in [2.05, 4.69) is 20.4 Å². The van der Waals surface area contributed by atoms with E-state index in [-0.39, 0.29) is 5.82 Å². The van der Waals surface area contributed by atoms with Crippen LogP contribution < -0.4 is 5.32 Å². The number of aromatic nitrogens is 4. The van der Waals surface area contributed by atoms with Crippen LogP contribution >= 0.6 is 11.6 Å². The molecule has 0 unspecified atom stereocenters. The van der Waals surface area contributed by atoms with Crippen molar-refractivity contribution in [3.8, 4) is 0 Å². The Kier molecular flexibility index (Phi) is 4.26. The number of hydrogen-bond acceptors (Lipinski definition) is 4. The van der Waals surface area contributed by atoms with Gasteiger partial charge in [-0.1, -0.05) is 29.8 Å². The summed E-state index contributed by atoms with van der Waals surface area (Å²) in [6.07, 6.45) is 0.427. The van der Waals surface area contributed by atoms with Crippen molar-refractivity contribution in [2.45, 2.75) is 13.3 Å². The summed E-state index contributed by atoms with van der Waals surface area (Å²) >= 11 is 6.05. The molecule has 4 aromatic rings. The fourth-order valence-corrected chi connectivity index (χ4v) is 2.93. The first-order valence-electron chi connectivity index (χ1n) is 8.07. The smallest absolute Gasteiger partial charge is 0.254 e. The summed E-state index contributed by atoms with van der Waals surface area (Å²) in [4.78, 5) is 8.90. The molecular formula is C19H15ClFN5. The highest BCUT2D eigenvalue weighted by molar-refractivity contribution is 6.30. The minimum Gasteiger partial charge on any atom is -0.340 e. The molecule has 5 nitrogen and oxygen atoms in total. The second-order valence-corrected chi connectivity index (χ2v) is 6.40. The van der Waals surface area contributed by atoms with Gasteiger partial charge < -0.3 is 5.32 Å². The zero-order valence-corrected chi connectivity index (χ0v) is 14.7. The van der Waals surface area contributed by atoms with Crippen LogP contribution in [0.1, 0.15) is 17.1 Å². The summed E-state index contributed by atoms with van der Waals surface area (Å²) in [5, 5.41) is 8.45. The number of halogens is 2. The second-order valence-electron chi connectivity index (χ2n) is 5.96. The van der Waals surface area contributed by atoms with E-state index in [4.69, 9.17) is 11.6 Å². The minimum atomic E-state index is -0.274. The molecule has 0 radical (unpaired) electrons. The van der Waals surface area contributed by atoms with Crippen LogP contribution in [0.5, 0.6) is 0 Å². The topological polar surface area (TPSA) is 55.1 Å². The molecule has 0 aliphatic carbocycles. The molecule has 0 atom stereocenters. The van der Waals surface area contributed by atoms with Crippen molar-refractivity contribution in [1.82, 2.24) is 19.6 Å². The van der Waals surface area contributed by atoms with E-state index in [1.54, 1.807) is 10.6 Å². The van der Waals surface area contributed by atoms with Crippen LogP contribution in [-0.2, 0) is 6.42 Å². The van der Waals surface area contributed by atoms with Gasteiger partial charge in [0.2, 0.25) is 0 Å². The van der Waals surface area contributed by atoms with Crippen molar-refractivity contribution >= 4 is 28.9 Å². The maximum absolute atomic E-state index is 13.4. The van der Waals surface area contributed by atoms with Gasteiger partial charge >= 0.3 is 0 Å². The van der Waals surface area contributed by atoms with Gasteiger partial charge in [-0.25, -0.2) is 9.37 Å². The number of aryl methyl sites for hydroxylation is 1. The van der Waals surface area contributed by atoms with Crippen molar-refractivity contribution in [2.75, 3.05) is 5.32 Å². The third-order valence-electron chi connectivity index (χ3n) is 3.83. The van der Waals surface area contributed by atoms with Gasteiger partial charge in [0.1, 0.15) is 11.6 Å². The lowest BCUT2D eigenvalue weighted by molar-refractivity contribution is 0.625. The van der Waals surface area contributed by atoms with E-state index in [1.165, 1.54) is 12.1 Å². The van der Waals surface area contributed by atoms with Crippen molar-refractivity contribution < 1.29 is 4.39 Å². The summed E-state index contributed by atoms with van der Waals surface area (Å²) in [6.45, 7) is 1.89. The van der Waals surface area contributed by atoms with Gasteiger partial charge in [-0.3, -0.25) is 0 Å². The van der Waals surface area contributed by atoms with Crippen LogP contribution in [0.15, 0.2) is 54.6 Å². The Balaban J connectivity index is 1.71. The van der Waals surface area contributed by atoms with Crippen molar-refractivity contribution in [2.24, 2.45) is 0 Å². The third kappa shape index (κ3) is 3.50. The van der Waals surface area contributed by atoms with Gasteiger partial charge in [-0.2, -0.15) is 9.50 Å². The van der Waals surface area contributed by atoms with E-state index in [9.17, 15) is 4.39 Å². The van der Waals surface area contributed by atoms with Gasteiger partial charge in [0, 0.05) is 28.9 Å². The van der Waals surface area contributed by atoms with Gasteiger partial charge in [0.15, 0.2) is 5.82 Å². The standard InChI is InChI=1S/C19H15ClFN5/c1-12-8-18(23-16-7-3-5-14(20)11-16)26-19(22-12)24-17(25-26)10-13-4-2-6-15(21)9-13/h2-9,11,23H,10H2,1H3. The number of hydrogen-bond donors (Lipinski definition) is 1. The maximum atomic E-state index is 13.4. The van der Waals surface area contributed by atoms with Gasteiger partial charge in [0.25, 0.3) is 5.78 Å². The van der Waals surface area contributed by atoms with Crippen LogP contribution in [0.3, 0.4) is 0 Å². The number of benzene rings is 2. The summed E-state index contributed by atoms with van der Waals surface area (Å²) in [7, 11) is 0. The average Bonchev–Trinajstić information content (AvgIpc) is 2.97. The Morgan fingerprint density at radius 2 is 1.92 bits per heavy atom. The largest absolute Gasteiger partial charge is 0.340 e. The predicted molar refractivity (Wildman–Crippen MR) is 99.5 cm³/mol. The van der Waals surface area contributed by atoms with E-state index in [1.807, 2.05) is 43.3 Å². The van der Waals surface area contributed by atoms with E-state index < -0.39 is 0 Å². The van der Waals surface area contributed by atoms with Crippen LogP contribution in [-0.4, -0.2) is 19.6 Å². The molecule has 2 heterocycles. The van der Waals surface area contributed by atoms with Crippen LogP contribution in [0.25, 0.3) is 5.78 Å². The molecule has 4 rings (SSSR count). The number of fused-ring (bicyclic) bond motifs is 1. The fourth-order valence-electron chi connectivity index (χ4n) is 2.74. The van der Waals surface area contributed by atoms with Crippen molar-refractivity contribution in [1.29, 1.82) is 0 Å². The Morgan fingerprint density at radius 1 is 1.08 bits per heavy atom. The van der Waals surface area contributed by atoms with Crippen molar-refractivity contribution in [3.63, 3.8) is 0 Å². The molecule has 26 heavy (non-hydrogen) atoms. The summed E-state index contributed by atoms with van der Waals surface area (Å²) in [5.41, 5.74) is 2.46. The van der Waals surface area contributed by atoms with E-state index in [0.29, 0.717) is 23.0 Å². The average molecular weight is 368 g/mol. The second kappa shape index (κ2) is 6.72. The minimum absolute atomic E-state index is 0.274. The van der Waals surface area contributed by atoms with Gasteiger partial charge in [-0.15, -0.1) is 5.10 Å². The molecule has 0 saturated heterocycles. The lowest BCUT2D eigenvalue weighted by Gasteiger charge is -2.08. The molecule has 0 saturated carbocycles. The highest BCUT2D eigenvalue weighted by Crippen LogP contribution is 2.21. The first kappa shape index (κ1) is 16.5. The molecule has 7 heteroatoms. The summed E-state index contributed by atoms with van der Waals surface area (Å²) in [6, 6.07) is 15.7. The monoisotopic (exact) mass is 367 g/mol. The molecule has 2 aromatic carbocycles. The summed E-state index contributed by atoms with van der Waals surface area (Å²) < 4.78 is 15.0. The molecule has 1 N–H and O–H groups in total. The normalized spacial score (nSPS) is 11.0. The van der Waals surface area contributed by atoms with Gasteiger partial charge in [0.05, 0.1) is 0 Å². The van der Waals surface area contributed by atoms with Crippen LogP contribution in [0.4, 0.5) is 15.9 Å². The fraction of sp³-hybridized carbons (Fsp3) is 0.105. The number of rotatable bonds is 4. The molecule has 130 valence electrons. The Morgan fingerprint density at radius 3 is 2.73 bits per heavy atom. The molecule has 0 spiro atoms. The van der Waals surface area contributed by atoms with Crippen LogP contribution in [0.2, 0.25) is 5.02 Å². The molecular weight excluding hydrogens is 353 g/mol. The zero-order valence-electron chi connectivity index (χ0n) is 13.9. The Labute approximate surface area is 154 Å². The Bertz CT molecular complexity index is 1090. The van der Waals surface area contributed by atoms with Crippen molar-refractivity contribution in [3.05, 3.63) is 82.5 Å². The predicted octanol–water partition coefficient (Wildman–Crippen LogP) is 4.56. The van der Waals surface area contributed by atoms with Crippen LogP contribution in [0, 0.1) is 12.7 Å². The SMILES string of the molecule is Cc1cc(Nc2cccc(Cl)c2)n2nc(Cc3cccc(F)c3)nc2n1. The molecule has 0 aliphatic rings. The molecule has 0 fully saturated rings. The lowest BCUT2D eigenvalue weighted by atomic mass is 10.1. The summed E-state index contributed by atoms with van der Waals surface area (Å²) in [5.74, 6) is 1.51. The first-order chi connectivity index (χ1) is 12.6. The van der Waals surface area contributed by atoms with Gasteiger partial charge in [-0.05, 0) is 42.8 Å². The van der Waals surface area contributed by atoms with E-state index in [0.717, 1.165) is 22.8 Å². The molecule has 0 amide bonds.